The van der Waals surface area contributed by atoms with Gasteiger partial charge in [-0.25, -0.2) is 0 Å². The SMILES string of the molecule is CC(C)C[C@H](CN)CC(=O)N1CCC(C)CC1C. The summed E-state index contributed by atoms with van der Waals surface area (Å²) >= 11 is 0. The highest BCUT2D eigenvalue weighted by molar-refractivity contribution is 5.76. The van der Waals surface area contributed by atoms with Gasteiger partial charge in [0.15, 0.2) is 0 Å². The van der Waals surface area contributed by atoms with Crippen LogP contribution in [0.25, 0.3) is 0 Å². The number of piperidine rings is 1. The molecule has 3 heteroatoms. The number of likely N-dealkylation sites (tertiary alicyclic amines) is 1. The molecule has 1 aliphatic rings. The van der Waals surface area contributed by atoms with Gasteiger partial charge < -0.3 is 10.6 Å². The van der Waals surface area contributed by atoms with E-state index in [4.69, 9.17) is 5.73 Å². The molecule has 3 nitrogen and oxygen atoms in total. The standard InChI is InChI=1S/C15H30N2O/c1-11(2)7-14(10-16)9-15(18)17-6-5-12(3)8-13(17)4/h11-14H,5-10,16H2,1-4H3/t12?,13?,14-/m0/s1. The van der Waals surface area contributed by atoms with Crippen LogP contribution in [-0.2, 0) is 4.79 Å². The molecule has 1 amide bonds. The van der Waals surface area contributed by atoms with Crippen LogP contribution in [0.4, 0.5) is 0 Å². The summed E-state index contributed by atoms with van der Waals surface area (Å²) in [5.41, 5.74) is 5.78. The van der Waals surface area contributed by atoms with Gasteiger partial charge >= 0.3 is 0 Å². The van der Waals surface area contributed by atoms with E-state index in [0.717, 1.165) is 31.7 Å². The fourth-order valence-electron chi connectivity index (χ4n) is 3.07. The summed E-state index contributed by atoms with van der Waals surface area (Å²) in [5, 5.41) is 0. The van der Waals surface area contributed by atoms with Crippen LogP contribution < -0.4 is 5.73 Å². The Bertz CT molecular complexity index is 265. The molecule has 1 heterocycles. The minimum atomic E-state index is 0.311. The van der Waals surface area contributed by atoms with Crippen molar-refractivity contribution in [2.24, 2.45) is 23.5 Å². The third-order valence-corrected chi connectivity index (χ3v) is 4.06. The van der Waals surface area contributed by atoms with E-state index in [1.54, 1.807) is 0 Å². The van der Waals surface area contributed by atoms with Crippen molar-refractivity contribution in [2.45, 2.75) is 59.4 Å². The minimum absolute atomic E-state index is 0.311. The third kappa shape index (κ3) is 4.60. The minimum Gasteiger partial charge on any atom is -0.340 e. The van der Waals surface area contributed by atoms with E-state index in [9.17, 15) is 4.79 Å². The molecule has 0 aliphatic carbocycles. The Labute approximate surface area is 112 Å². The van der Waals surface area contributed by atoms with Crippen LogP contribution in [0.2, 0.25) is 0 Å². The van der Waals surface area contributed by atoms with Crippen LogP contribution in [0, 0.1) is 17.8 Å². The van der Waals surface area contributed by atoms with Crippen molar-refractivity contribution in [3.63, 3.8) is 0 Å². The Morgan fingerprint density at radius 3 is 2.56 bits per heavy atom. The Kier molecular flexibility index (Phi) is 6.13. The second-order valence-electron chi connectivity index (χ2n) is 6.50. The van der Waals surface area contributed by atoms with Gasteiger partial charge in [-0.3, -0.25) is 4.79 Å². The summed E-state index contributed by atoms with van der Waals surface area (Å²) in [5.74, 6) is 2.03. The van der Waals surface area contributed by atoms with Gasteiger partial charge in [0.2, 0.25) is 5.91 Å². The molecule has 3 atom stereocenters. The molecule has 0 bridgehead atoms. The molecule has 0 aromatic carbocycles. The van der Waals surface area contributed by atoms with E-state index in [1.807, 2.05) is 0 Å². The highest BCUT2D eigenvalue weighted by Gasteiger charge is 2.27. The van der Waals surface area contributed by atoms with Crippen molar-refractivity contribution in [3.05, 3.63) is 0 Å². The molecule has 1 saturated heterocycles. The molecular weight excluding hydrogens is 224 g/mol. The molecule has 1 rings (SSSR count). The van der Waals surface area contributed by atoms with Crippen LogP contribution in [0.15, 0.2) is 0 Å². The molecular formula is C15H30N2O. The van der Waals surface area contributed by atoms with Gasteiger partial charge in [0.1, 0.15) is 0 Å². The molecule has 0 saturated carbocycles. The van der Waals surface area contributed by atoms with Crippen molar-refractivity contribution in [1.29, 1.82) is 0 Å². The lowest BCUT2D eigenvalue weighted by molar-refractivity contribution is -0.136. The summed E-state index contributed by atoms with van der Waals surface area (Å²) < 4.78 is 0. The normalized spacial score (nSPS) is 26.4. The van der Waals surface area contributed by atoms with Crippen LogP contribution in [-0.4, -0.2) is 29.9 Å². The monoisotopic (exact) mass is 254 g/mol. The van der Waals surface area contributed by atoms with E-state index in [0.29, 0.717) is 36.8 Å². The highest BCUT2D eigenvalue weighted by atomic mass is 16.2. The van der Waals surface area contributed by atoms with Crippen LogP contribution in [0.5, 0.6) is 0 Å². The number of rotatable bonds is 5. The molecule has 0 aromatic rings. The maximum atomic E-state index is 12.3. The first kappa shape index (κ1) is 15.5. The van der Waals surface area contributed by atoms with Gasteiger partial charge in [0.05, 0.1) is 0 Å². The van der Waals surface area contributed by atoms with E-state index < -0.39 is 0 Å². The predicted octanol–water partition coefficient (Wildman–Crippen LogP) is 2.64. The maximum Gasteiger partial charge on any atom is 0.223 e. The van der Waals surface area contributed by atoms with Crippen molar-refractivity contribution < 1.29 is 4.79 Å². The number of carbonyl (C=O) groups is 1. The average Bonchev–Trinajstić information content (AvgIpc) is 2.27. The zero-order chi connectivity index (χ0) is 13.7. The van der Waals surface area contributed by atoms with E-state index in [-0.39, 0.29) is 0 Å². The van der Waals surface area contributed by atoms with E-state index in [1.165, 1.54) is 0 Å². The van der Waals surface area contributed by atoms with Gasteiger partial charge in [-0.2, -0.15) is 0 Å². The summed E-state index contributed by atoms with van der Waals surface area (Å²) in [7, 11) is 0. The van der Waals surface area contributed by atoms with Gasteiger partial charge in [-0.05, 0) is 50.5 Å². The molecule has 2 unspecified atom stereocenters. The first-order chi connectivity index (χ1) is 8.43. The van der Waals surface area contributed by atoms with Gasteiger partial charge in [0.25, 0.3) is 0 Å². The molecule has 1 aliphatic heterocycles. The van der Waals surface area contributed by atoms with Crippen molar-refractivity contribution in [2.75, 3.05) is 13.1 Å². The van der Waals surface area contributed by atoms with Crippen molar-refractivity contribution >= 4 is 5.91 Å². The third-order valence-electron chi connectivity index (χ3n) is 4.06. The molecule has 0 radical (unpaired) electrons. The average molecular weight is 254 g/mol. The first-order valence-electron chi connectivity index (χ1n) is 7.43. The summed E-state index contributed by atoms with van der Waals surface area (Å²) in [4.78, 5) is 14.4. The van der Waals surface area contributed by atoms with Gasteiger partial charge in [0, 0.05) is 19.0 Å². The van der Waals surface area contributed by atoms with Crippen molar-refractivity contribution in [3.8, 4) is 0 Å². The van der Waals surface area contributed by atoms with Crippen molar-refractivity contribution in [1.82, 2.24) is 4.90 Å². The largest absolute Gasteiger partial charge is 0.340 e. The Morgan fingerprint density at radius 1 is 1.39 bits per heavy atom. The summed E-state index contributed by atoms with van der Waals surface area (Å²) in [6, 6.07) is 0.402. The molecule has 1 fully saturated rings. The van der Waals surface area contributed by atoms with Gasteiger partial charge in [-0.15, -0.1) is 0 Å². The summed E-state index contributed by atoms with van der Waals surface area (Å²) in [6.45, 7) is 10.4. The Balaban J connectivity index is 2.48. The number of nitrogens with two attached hydrogens (primary N) is 1. The molecule has 106 valence electrons. The number of carbonyl (C=O) groups excluding carboxylic acids is 1. The van der Waals surface area contributed by atoms with E-state index >= 15 is 0 Å². The zero-order valence-electron chi connectivity index (χ0n) is 12.5. The number of hydrogen-bond acceptors (Lipinski definition) is 2. The molecule has 0 spiro atoms. The molecule has 2 N–H and O–H groups in total. The smallest absolute Gasteiger partial charge is 0.223 e. The Morgan fingerprint density at radius 2 is 2.06 bits per heavy atom. The second kappa shape index (κ2) is 7.13. The molecule has 0 aromatic heterocycles. The number of amides is 1. The quantitative estimate of drug-likeness (QED) is 0.820. The van der Waals surface area contributed by atoms with Crippen LogP contribution >= 0.6 is 0 Å². The second-order valence-corrected chi connectivity index (χ2v) is 6.50. The number of nitrogens with zero attached hydrogens (tertiary/aromatic N) is 1. The van der Waals surface area contributed by atoms with Crippen LogP contribution in [0.3, 0.4) is 0 Å². The molecule has 18 heavy (non-hydrogen) atoms. The lowest BCUT2D eigenvalue weighted by Crippen LogP contribution is -2.45. The predicted molar refractivity (Wildman–Crippen MR) is 76.2 cm³/mol. The lowest BCUT2D eigenvalue weighted by atomic mass is 9.90. The fourth-order valence-corrected chi connectivity index (χ4v) is 3.07. The zero-order valence-corrected chi connectivity index (χ0v) is 12.5. The maximum absolute atomic E-state index is 12.3. The van der Waals surface area contributed by atoms with Crippen LogP contribution in [0.1, 0.15) is 53.4 Å². The number of hydrogen-bond donors (Lipinski definition) is 1. The lowest BCUT2D eigenvalue weighted by Gasteiger charge is -2.37. The van der Waals surface area contributed by atoms with Gasteiger partial charge in [-0.1, -0.05) is 20.8 Å². The summed E-state index contributed by atoms with van der Waals surface area (Å²) in [6.07, 6.45) is 3.98. The highest BCUT2D eigenvalue weighted by Crippen LogP contribution is 2.24. The topological polar surface area (TPSA) is 46.3 Å². The van der Waals surface area contributed by atoms with E-state index in [2.05, 4.69) is 32.6 Å². The first-order valence-corrected chi connectivity index (χ1v) is 7.43. The Hall–Kier alpha value is -0.570. The fraction of sp³-hybridized carbons (Fsp3) is 0.933.